The van der Waals surface area contributed by atoms with Gasteiger partial charge in [-0.15, -0.1) is 0 Å². The van der Waals surface area contributed by atoms with Gasteiger partial charge >= 0.3 is 5.97 Å². The van der Waals surface area contributed by atoms with Gasteiger partial charge in [-0.1, -0.05) is 12.1 Å². The molecule has 2 N–H and O–H groups in total. The highest BCUT2D eigenvalue weighted by Crippen LogP contribution is 2.16. The van der Waals surface area contributed by atoms with Crippen molar-refractivity contribution >= 4 is 17.0 Å². The Balaban J connectivity index is 2.14. The maximum Gasteiger partial charge on any atom is 0.303 e. The predicted octanol–water partition coefficient (Wildman–Crippen LogP) is 2.28. The van der Waals surface area contributed by atoms with E-state index >= 15 is 0 Å². The van der Waals surface area contributed by atoms with Crippen molar-refractivity contribution in [1.82, 2.24) is 9.97 Å². The monoisotopic (exact) mass is 218 g/mol. The van der Waals surface area contributed by atoms with E-state index in [0.717, 1.165) is 22.4 Å². The van der Waals surface area contributed by atoms with Gasteiger partial charge in [-0.05, 0) is 25.0 Å². The Labute approximate surface area is 93.3 Å². The van der Waals surface area contributed by atoms with E-state index in [9.17, 15) is 4.79 Å². The van der Waals surface area contributed by atoms with Crippen LogP contribution in [0, 0.1) is 6.92 Å². The quantitative estimate of drug-likeness (QED) is 0.827. The van der Waals surface area contributed by atoms with Crippen molar-refractivity contribution in [3.05, 3.63) is 29.6 Å². The summed E-state index contributed by atoms with van der Waals surface area (Å²) in [5.41, 5.74) is 3.14. The van der Waals surface area contributed by atoms with E-state index in [4.69, 9.17) is 5.11 Å². The zero-order valence-corrected chi connectivity index (χ0v) is 9.16. The molecule has 2 aromatic rings. The summed E-state index contributed by atoms with van der Waals surface area (Å²) < 4.78 is 0. The maximum absolute atomic E-state index is 10.4. The lowest BCUT2D eigenvalue weighted by atomic mass is 10.2. The van der Waals surface area contributed by atoms with Gasteiger partial charge in [-0.25, -0.2) is 4.98 Å². The smallest absolute Gasteiger partial charge is 0.303 e. The van der Waals surface area contributed by atoms with E-state index < -0.39 is 5.97 Å². The summed E-state index contributed by atoms with van der Waals surface area (Å²) in [6.45, 7) is 2.02. The molecule has 0 atom stereocenters. The molecular weight excluding hydrogens is 204 g/mol. The third-order valence-electron chi connectivity index (χ3n) is 2.57. The summed E-state index contributed by atoms with van der Waals surface area (Å²) in [6, 6.07) is 5.98. The molecule has 0 unspecified atom stereocenters. The highest BCUT2D eigenvalue weighted by atomic mass is 16.4. The van der Waals surface area contributed by atoms with Crippen molar-refractivity contribution in [2.24, 2.45) is 0 Å². The summed E-state index contributed by atoms with van der Waals surface area (Å²) in [5, 5.41) is 8.54. The normalized spacial score (nSPS) is 10.8. The average molecular weight is 218 g/mol. The van der Waals surface area contributed by atoms with Crippen molar-refractivity contribution < 1.29 is 9.90 Å². The lowest BCUT2D eigenvalue weighted by molar-refractivity contribution is -0.137. The number of aryl methyl sites for hydroxylation is 2. The molecule has 2 rings (SSSR count). The van der Waals surface area contributed by atoms with Crippen LogP contribution in [0.4, 0.5) is 0 Å². The number of carbonyl (C=O) groups is 1. The van der Waals surface area contributed by atoms with Gasteiger partial charge < -0.3 is 10.1 Å². The Kier molecular flexibility index (Phi) is 2.90. The Morgan fingerprint density at radius 3 is 3.00 bits per heavy atom. The highest BCUT2D eigenvalue weighted by Gasteiger charge is 2.05. The molecule has 0 aliphatic heterocycles. The van der Waals surface area contributed by atoms with E-state index in [1.165, 1.54) is 0 Å². The minimum Gasteiger partial charge on any atom is -0.481 e. The fourth-order valence-electron chi connectivity index (χ4n) is 1.75. The number of nitrogens with one attached hydrogen (secondary N) is 1. The number of H-pyrrole nitrogens is 1. The van der Waals surface area contributed by atoms with Gasteiger partial charge in [0.1, 0.15) is 5.82 Å². The number of fused-ring (bicyclic) bond motifs is 1. The second-order valence-electron chi connectivity index (χ2n) is 3.90. The first-order valence-electron chi connectivity index (χ1n) is 5.33. The van der Waals surface area contributed by atoms with Crippen LogP contribution in [0.1, 0.15) is 24.2 Å². The largest absolute Gasteiger partial charge is 0.481 e. The number of hydrogen-bond donors (Lipinski definition) is 2. The summed E-state index contributed by atoms with van der Waals surface area (Å²) in [4.78, 5) is 18.1. The SMILES string of the molecule is Cc1cccc2[nH]c(CCCC(=O)O)nc12. The third-order valence-corrected chi connectivity index (χ3v) is 2.57. The van der Waals surface area contributed by atoms with Gasteiger partial charge in [0.05, 0.1) is 11.0 Å². The molecule has 1 aromatic heterocycles. The number of benzene rings is 1. The topological polar surface area (TPSA) is 66.0 Å². The number of para-hydroxylation sites is 1. The van der Waals surface area contributed by atoms with Crippen molar-refractivity contribution in [2.75, 3.05) is 0 Å². The van der Waals surface area contributed by atoms with Crippen LogP contribution in [0.3, 0.4) is 0 Å². The predicted molar refractivity (Wildman–Crippen MR) is 61.4 cm³/mol. The first-order valence-corrected chi connectivity index (χ1v) is 5.33. The number of carboxylic acids is 1. The standard InChI is InChI=1S/C12H14N2O2/c1-8-4-2-5-9-12(8)14-10(13-9)6-3-7-11(15)16/h2,4-5H,3,6-7H2,1H3,(H,13,14)(H,15,16). The molecule has 0 saturated heterocycles. The van der Waals surface area contributed by atoms with Crippen LogP contribution < -0.4 is 0 Å². The van der Waals surface area contributed by atoms with Crippen LogP contribution in [0.25, 0.3) is 11.0 Å². The van der Waals surface area contributed by atoms with E-state index in [0.29, 0.717) is 12.8 Å². The third kappa shape index (κ3) is 2.21. The Bertz CT molecular complexity index is 517. The lowest BCUT2D eigenvalue weighted by Gasteiger charge is -1.92. The van der Waals surface area contributed by atoms with Crippen molar-refractivity contribution in [3.63, 3.8) is 0 Å². The van der Waals surface area contributed by atoms with E-state index in [-0.39, 0.29) is 6.42 Å². The van der Waals surface area contributed by atoms with Crippen LogP contribution in [-0.2, 0) is 11.2 Å². The molecule has 84 valence electrons. The number of aromatic amines is 1. The number of nitrogens with zero attached hydrogens (tertiary/aromatic N) is 1. The van der Waals surface area contributed by atoms with Gasteiger partial charge in [0.25, 0.3) is 0 Å². The van der Waals surface area contributed by atoms with Crippen LogP contribution >= 0.6 is 0 Å². The van der Waals surface area contributed by atoms with Crippen LogP contribution in [0.5, 0.6) is 0 Å². The van der Waals surface area contributed by atoms with E-state index in [1.54, 1.807) is 0 Å². The number of aliphatic carboxylic acids is 1. The first-order chi connectivity index (χ1) is 7.66. The van der Waals surface area contributed by atoms with Crippen molar-refractivity contribution in [3.8, 4) is 0 Å². The molecule has 0 radical (unpaired) electrons. The number of carboxylic acid groups (broad SMARTS) is 1. The molecular formula is C12H14N2O2. The molecule has 16 heavy (non-hydrogen) atoms. The summed E-state index contributed by atoms with van der Waals surface area (Å²) in [5.74, 6) is 0.109. The Morgan fingerprint density at radius 1 is 1.50 bits per heavy atom. The highest BCUT2D eigenvalue weighted by molar-refractivity contribution is 5.78. The number of hydrogen-bond acceptors (Lipinski definition) is 2. The average Bonchev–Trinajstić information content (AvgIpc) is 2.61. The molecule has 0 bridgehead atoms. The van der Waals surface area contributed by atoms with Gasteiger partial charge in [0.15, 0.2) is 0 Å². The Hall–Kier alpha value is -1.84. The second kappa shape index (κ2) is 4.35. The van der Waals surface area contributed by atoms with Crippen molar-refractivity contribution in [1.29, 1.82) is 0 Å². The number of rotatable bonds is 4. The molecule has 4 nitrogen and oxygen atoms in total. The lowest BCUT2D eigenvalue weighted by Crippen LogP contribution is -1.96. The first kappa shape index (κ1) is 10.7. The van der Waals surface area contributed by atoms with E-state index in [1.807, 2.05) is 25.1 Å². The van der Waals surface area contributed by atoms with E-state index in [2.05, 4.69) is 9.97 Å². The van der Waals surface area contributed by atoms with Crippen LogP contribution in [-0.4, -0.2) is 21.0 Å². The minimum absolute atomic E-state index is 0.191. The molecule has 4 heteroatoms. The molecule has 0 aliphatic rings. The summed E-state index contributed by atoms with van der Waals surface area (Å²) in [7, 11) is 0. The molecule has 0 aliphatic carbocycles. The molecule has 0 spiro atoms. The van der Waals surface area contributed by atoms with Crippen molar-refractivity contribution in [2.45, 2.75) is 26.2 Å². The minimum atomic E-state index is -0.757. The van der Waals surface area contributed by atoms with Crippen LogP contribution in [0.15, 0.2) is 18.2 Å². The molecule has 1 heterocycles. The number of aromatic nitrogens is 2. The molecule has 0 saturated carbocycles. The maximum atomic E-state index is 10.4. The molecule has 0 amide bonds. The second-order valence-corrected chi connectivity index (χ2v) is 3.90. The zero-order chi connectivity index (χ0) is 11.5. The van der Waals surface area contributed by atoms with Gasteiger partial charge in [0, 0.05) is 12.8 Å². The molecule has 1 aromatic carbocycles. The molecule has 0 fully saturated rings. The Morgan fingerprint density at radius 2 is 2.31 bits per heavy atom. The zero-order valence-electron chi connectivity index (χ0n) is 9.16. The van der Waals surface area contributed by atoms with Crippen LogP contribution in [0.2, 0.25) is 0 Å². The van der Waals surface area contributed by atoms with Gasteiger partial charge in [0.2, 0.25) is 0 Å². The van der Waals surface area contributed by atoms with Gasteiger partial charge in [-0.3, -0.25) is 4.79 Å². The van der Waals surface area contributed by atoms with Gasteiger partial charge in [-0.2, -0.15) is 0 Å². The summed E-state index contributed by atoms with van der Waals surface area (Å²) >= 11 is 0. The fourth-order valence-corrected chi connectivity index (χ4v) is 1.75. The fraction of sp³-hybridized carbons (Fsp3) is 0.333. The number of imidazole rings is 1. The summed E-state index contributed by atoms with van der Waals surface area (Å²) in [6.07, 6.45) is 1.49.